The van der Waals surface area contributed by atoms with Crippen LogP contribution in [0.5, 0.6) is 17.2 Å². The van der Waals surface area contributed by atoms with Gasteiger partial charge < -0.3 is 19.2 Å². The summed E-state index contributed by atoms with van der Waals surface area (Å²) in [6.07, 6.45) is 0.854. The van der Waals surface area contributed by atoms with Gasteiger partial charge in [0.05, 0.1) is 12.0 Å². The maximum absolute atomic E-state index is 13.9. The number of sulfonamides is 1. The number of benzene rings is 3. The van der Waals surface area contributed by atoms with Crippen LogP contribution in [0.4, 0.5) is 0 Å². The summed E-state index contributed by atoms with van der Waals surface area (Å²) in [7, 11) is -2.44. The molecule has 0 amide bonds. The highest BCUT2D eigenvalue weighted by Gasteiger charge is 2.28. The molecule has 192 valence electrons. The van der Waals surface area contributed by atoms with Crippen molar-refractivity contribution in [3.05, 3.63) is 93.8 Å². The zero-order valence-corrected chi connectivity index (χ0v) is 21.5. The van der Waals surface area contributed by atoms with E-state index < -0.39 is 10.0 Å². The molecule has 0 fully saturated rings. The van der Waals surface area contributed by atoms with Gasteiger partial charge in [0.1, 0.15) is 19.0 Å². The van der Waals surface area contributed by atoms with Gasteiger partial charge in [-0.25, -0.2) is 8.42 Å². The lowest BCUT2D eigenvalue weighted by Gasteiger charge is -2.24. The summed E-state index contributed by atoms with van der Waals surface area (Å²) in [5.41, 5.74) is 2.63. The molecule has 9 heteroatoms. The van der Waals surface area contributed by atoms with Crippen LogP contribution in [0.25, 0.3) is 10.9 Å². The molecule has 8 nitrogen and oxygen atoms in total. The van der Waals surface area contributed by atoms with Crippen molar-refractivity contribution in [2.75, 3.05) is 20.3 Å². The third-order valence-corrected chi connectivity index (χ3v) is 8.20. The third kappa shape index (κ3) is 5.19. The second-order valence-electron chi connectivity index (χ2n) is 8.83. The summed E-state index contributed by atoms with van der Waals surface area (Å²) >= 11 is 0. The van der Waals surface area contributed by atoms with E-state index in [1.165, 1.54) is 16.4 Å². The van der Waals surface area contributed by atoms with E-state index in [0.717, 1.165) is 22.9 Å². The molecule has 3 aromatic carbocycles. The number of nitrogens with one attached hydrogen (secondary N) is 1. The Morgan fingerprint density at radius 3 is 2.35 bits per heavy atom. The topological polar surface area (TPSA) is 97.9 Å². The minimum absolute atomic E-state index is 0.0627. The largest absolute Gasteiger partial charge is 0.497 e. The first-order chi connectivity index (χ1) is 17.9. The Labute approximate surface area is 215 Å². The van der Waals surface area contributed by atoms with Gasteiger partial charge in [-0.3, -0.25) is 4.79 Å². The molecule has 0 bridgehead atoms. The maximum atomic E-state index is 13.9. The van der Waals surface area contributed by atoms with E-state index in [-0.39, 0.29) is 23.5 Å². The van der Waals surface area contributed by atoms with Gasteiger partial charge in [-0.05, 0) is 65.4 Å². The fraction of sp³-hybridized carbons (Fsp3) is 0.250. The van der Waals surface area contributed by atoms with Crippen molar-refractivity contribution in [3.8, 4) is 17.2 Å². The molecule has 2 heterocycles. The number of fused-ring (bicyclic) bond motifs is 2. The van der Waals surface area contributed by atoms with E-state index >= 15 is 0 Å². The van der Waals surface area contributed by atoms with Gasteiger partial charge in [-0.1, -0.05) is 25.1 Å². The monoisotopic (exact) mass is 520 g/mol. The van der Waals surface area contributed by atoms with E-state index in [2.05, 4.69) is 11.9 Å². The Kier molecular flexibility index (Phi) is 6.90. The molecule has 0 saturated carbocycles. The normalized spacial score (nSPS) is 13.2. The number of ether oxygens (including phenoxy) is 3. The molecule has 37 heavy (non-hydrogen) atoms. The van der Waals surface area contributed by atoms with Gasteiger partial charge in [0.2, 0.25) is 10.0 Å². The van der Waals surface area contributed by atoms with Crippen LogP contribution in [0.1, 0.15) is 23.6 Å². The van der Waals surface area contributed by atoms with Crippen molar-refractivity contribution in [2.24, 2.45) is 0 Å². The molecule has 0 saturated heterocycles. The lowest BCUT2D eigenvalue weighted by molar-refractivity contribution is 0.171. The van der Waals surface area contributed by atoms with Gasteiger partial charge in [0.25, 0.3) is 5.56 Å². The second-order valence-corrected chi connectivity index (χ2v) is 10.8. The SMILES string of the molecule is CCc1ccc2[nH]c(=O)c(CN(Cc3ccc(OC)cc3)S(=O)(=O)c3ccc4c(c3)OCCO4)cc2c1. The first-order valence-electron chi connectivity index (χ1n) is 12.0. The van der Waals surface area contributed by atoms with Crippen LogP contribution in [-0.4, -0.2) is 38.0 Å². The average Bonchev–Trinajstić information content (AvgIpc) is 2.92. The average molecular weight is 521 g/mol. The number of aryl methyl sites for hydroxylation is 1. The van der Waals surface area contributed by atoms with Gasteiger partial charge >= 0.3 is 0 Å². The molecule has 1 aliphatic rings. The van der Waals surface area contributed by atoms with Crippen LogP contribution in [-0.2, 0) is 29.5 Å². The number of aromatic amines is 1. The number of rotatable bonds is 8. The predicted octanol–water partition coefficient (Wildman–Crippen LogP) is 4.26. The molecular weight excluding hydrogens is 492 g/mol. The van der Waals surface area contributed by atoms with Crippen molar-refractivity contribution in [1.82, 2.24) is 9.29 Å². The summed E-state index contributed by atoms with van der Waals surface area (Å²) in [5, 5.41) is 0.857. The van der Waals surface area contributed by atoms with Gasteiger partial charge in [0, 0.05) is 30.2 Å². The van der Waals surface area contributed by atoms with Crippen molar-refractivity contribution < 1.29 is 22.6 Å². The summed E-state index contributed by atoms with van der Waals surface area (Å²) in [4.78, 5) is 15.9. The van der Waals surface area contributed by atoms with E-state index in [9.17, 15) is 13.2 Å². The highest BCUT2D eigenvalue weighted by molar-refractivity contribution is 7.89. The molecule has 0 unspecified atom stereocenters. The predicted molar refractivity (Wildman–Crippen MR) is 141 cm³/mol. The highest BCUT2D eigenvalue weighted by atomic mass is 32.2. The third-order valence-electron chi connectivity index (χ3n) is 6.41. The number of methoxy groups -OCH3 is 1. The molecule has 0 radical (unpaired) electrons. The zero-order valence-electron chi connectivity index (χ0n) is 20.7. The van der Waals surface area contributed by atoms with Crippen molar-refractivity contribution in [3.63, 3.8) is 0 Å². The Morgan fingerprint density at radius 1 is 0.892 bits per heavy atom. The standard InChI is InChI=1S/C28H28N2O6S/c1-3-19-6-10-25-21(14-19)15-22(28(31)29-25)18-30(17-20-4-7-23(34-2)8-5-20)37(32,33)24-9-11-26-27(16-24)36-13-12-35-26/h4-11,14-16H,3,12-13,17-18H2,1-2H3,(H,29,31). The minimum atomic E-state index is -4.02. The molecule has 4 aromatic rings. The Hall–Kier alpha value is -3.82. The van der Waals surface area contributed by atoms with E-state index in [0.29, 0.717) is 41.5 Å². The molecule has 0 aliphatic carbocycles. The fourth-order valence-electron chi connectivity index (χ4n) is 4.32. The van der Waals surface area contributed by atoms with Crippen LogP contribution in [0.2, 0.25) is 0 Å². The lowest BCUT2D eigenvalue weighted by Crippen LogP contribution is -2.32. The van der Waals surface area contributed by atoms with Gasteiger partial charge in [-0.15, -0.1) is 0 Å². The van der Waals surface area contributed by atoms with Crippen molar-refractivity contribution in [2.45, 2.75) is 31.3 Å². The molecule has 0 atom stereocenters. The molecule has 5 rings (SSSR count). The highest BCUT2D eigenvalue weighted by Crippen LogP contribution is 2.34. The van der Waals surface area contributed by atoms with Crippen LogP contribution in [0.3, 0.4) is 0 Å². The number of H-pyrrole nitrogens is 1. The van der Waals surface area contributed by atoms with Crippen LogP contribution in [0, 0.1) is 0 Å². The molecular formula is C28H28N2O6S. The minimum Gasteiger partial charge on any atom is -0.497 e. The Bertz CT molecular complexity index is 1600. The fourth-order valence-corrected chi connectivity index (χ4v) is 5.74. The van der Waals surface area contributed by atoms with E-state index in [4.69, 9.17) is 14.2 Å². The lowest BCUT2D eigenvalue weighted by atomic mass is 10.1. The summed E-state index contributed by atoms with van der Waals surface area (Å²) < 4.78 is 45.5. The van der Waals surface area contributed by atoms with Crippen LogP contribution < -0.4 is 19.8 Å². The van der Waals surface area contributed by atoms with Crippen LogP contribution >= 0.6 is 0 Å². The van der Waals surface area contributed by atoms with Gasteiger partial charge in [-0.2, -0.15) is 4.31 Å². The Morgan fingerprint density at radius 2 is 1.62 bits per heavy atom. The summed E-state index contributed by atoms with van der Waals surface area (Å²) in [6.45, 7) is 2.77. The second kappa shape index (κ2) is 10.3. The first kappa shape index (κ1) is 24.9. The Balaban J connectivity index is 1.55. The number of aromatic nitrogens is 1. The molecule has 1 aromatic heterocycles. The smallest absolute Gasteiger partial charge is 0.252 e. The number of nitrogens with zero attached hydrogens (tertiary/aromatic N) is 1. The maximum Gasteiger partial charge on any atom is 0.252 e. The first-order valence-corrected chi connectivity index (χ1v) is 13.5. The zero-order chi connectivity index (χ0) is 26.0. The molecule has 0 spiro atoms. The van der Waals surface area contributed by atoms with Crippen molar-refractivity contribution >= 4 is 20.9 Å². The summed E-state index contributed by atoms with van der Waals surface area (Å²) in [5.74, 6) is 1.56. The van der Waals surface area contributed by atoms with Crippen molar-refractivity contribution in [1.29, 1.82) is 0 Å². The van der Waals surface area contributed by atoms with Crippen LogP contribution in [0.15, 0.2) is 76.4 Å². The number of hydrogen-bond donors (Lipinski definition) is 1. The van der Waals surface area contributed by atoms with Gasteiger partial charge in [0.15, 0.2) is 11.5 Å². The van der Waals surface area contributed by atoms with E-state index in [1.54, 1.807) is 31.4 Å². The number of hydrogen-bond acceptors (Lipinski definition) is 6. The molecule has 1 N–H and O–H groups in total. The molecule has 1 aliphatic heterocycles. The number of pyridine rings is 1. The summed E-state index contributed by atoms with van der Waals surface area (Å²) in [6, 6.07) is 19.4. The quantitative estimate of drug-likeness (QED) is 0.373. The van der Waals surface area contributed by atoms with E-state index in [1.807, 2.05) is 30.3 Å².